The van der Waals surface area contributed by atoms with Crippen molar-refractivity contribution in [2.24, 2.45) is 0 Å². The van der Waals surface area contributed by atoms with E-state index in [4.69, 9.17) is 11.6 Å². The number of carbonyl (C=O) groups is 1. The highest BCUT2D eigenvalue weighted by atomic mass is 35.5. The van der Waals surface area contributed by atoms with Crippen LogP contribution in [0.4, 0.5) is 5.69 Å². The van der Waals surface area contributed by atoms with Crippen LogP contribution in [0.15, 0.2) is 35.1 Å². The third-order valence-electron chi connectivity index (χ3n) is 3.89. The standard InChI is InChI=1S/C17H17ClN2O2/c1-10-9-11(2)20(12-7-8-12)17(22)15(10)16(21)19-14-6-4-3-5-13(14)18/h3-6,9,12H,7-8H2,1-2H3,(H,19,21). The summed E-state index contributed by atoms with van der Waals surface area (Å²) in [5, 5.41) is 3.18. The van der Waals surface area contributed by atoms with Gasteiger partial charge in [-0.15, -0.1) is 0 Å². The minimum atomic E-state index is -0.412. The quantitative estimate of drug-likeness (QED) is 0.938. The average Bonchev–Trinajstić information content (AvgIpc) is 3.25. The molecule has 1 amide bonds. The third-order valence-corrected chi connectivity index (χ3v) is 4.22. The minimum absolute atomic E-state index is 0.192. The van der Waals surface area contributed by atoms with Gasteiger partial charge in [-0.3, -0.25) is 9.59 Å². The molecule has 0 radical (unpaired) electrons. The number of aromatic nitrogens is 1. The Labute approximate surface area is 133 Å². The predicted octanol–water partition coefficient (Wildman–Crippen LogP) is 3.71. The number of carbonyl (C=O) groups excluding carboxylic acids is 1. The molecule has 1 N–H and O–H groups in total. The number of para-hydroxylation sites is 1. The molecular formula is C17H17ClN2O2. The Hall–Kier alpha value is -2.07. The fourth-order valence-electron chi connectivity index (χ4n) is 2.71. The van der Waals surface area contributed by atoms with Crippen LogP contribution in [0.1, 0.15) is 40.5 Å². The molecule has 1 aliphatic rings. The van der Waals surface area contributed by atoms with E-state index >= 15 is 0 Å². The molecule has 0 spiro atoms. The molecule has 3 rings (SSSR count). The summed E-state index contributed by atoms with van der Waals surface area (Å²) in [6.07, 6.45) is 1.99. The van der Waals surface area contributed by atoms with Crippen LogP contribution in [0.25, 0.3) is 0 Å². The lowest BCUT2D eigenvalue weighted by Crippen LogP contribution is -2.31. The largest absolute Gasteiger partial charge is 0.320 e. The van der Waals surface area contributed by atoms with E-state index in [1.807, 2.05) is 13.0 Å². The van der Waals surface area contributed by atoms with E-state index in [2.05, 4.69) is 5.32 Å². The number of benzene rings is 1. The second-order valence-corrected chi connectivity index (χ2v) is 6.09. The summed E-state index contributed by atoms with van der Waals surface area (Å²) in [5.41, 5.74) is 2.07. The fourth-order valence-corrected chi connectivity index (χ4v) is 2.90. The number of pyridine rings is 1. The molecule has 0 saturated heterocycles. The maximum Gasteiger partial charge on any atom is 0.264 e. The van der Waals surface area contributed by atoms with Gasteiger partial charge in [-0.05, 0) is 50.5 Å². The van der Waals surface area contributed by atoms with Crippen LogP contribution in [-0.2, 0) is 0 Å². The van der Waals surface area contributed by atoms with Crippen molar-refractivity contribution in [3.05, 3.63) is 62.5 Å². The molecule has 0 bridgehead atoms. The summed E-state index contributed by atoms with van der Waals surface area (Å²) >= 11 is 6.05. The lowest BCUT2D eigenvalue weighted by Gasteiger charge is -2.14. The molecule has 1 aromatic heterocycles. The Bertz CT molecular complexity index is 807. The number of aryl methyl sites for hydroxylation is 2. The number of nitrogens with one attached hydrogen (secondary N) is 1. The van der Waals surface area contributed by atoms with Gasteiger partial charge in [0.25, 0.3) is 11.5 Å². The first-order valence-electron chi connectivity index (χ1n) is 7.27. The summed E-state index contributed by atoms with van der Waals surface area (Å²) in [6, 6.07) is 9.10. The van der Waals surface area contributed by atoms with Crippen LogP contribution in [0.5, 0.6) is 0 Å². The zero-order valence-electron chi connectivity index (χ0n) is 12.5. The van der Waals surface area contributed by atoms with Crippen molar-refractivity contribution in [2.45, 2.75) is 32.7 Å². The normalized spacial score (nSPS) is 14.0. The lowest BCUT2D eigenvalue weighted by molar-refractivity contribution is 0.102. The summed E-state index contributed by atoms with van der Waals surface area (Å²) < 4.78 is 1.73. The first-order chi connectivity index (χ1) is 10.5. The van der Waals surface area contributed by atoms with Crippen molar-refractivity contribution in [2.75, 3.05) is 5.32 Å². The maximum absolute atomic E-state index is 12.7. The number of hydrogen-bond acceptors (Lipinski definition) is 2. The number of amides is 1. The van der Waals surface area contributed by atoms with Crippen LogP contribution < -0.4 is 10.9 Å². The highest BCUT2D eigenvalue weighted by molar-refractivity contribution is 6.33. The van der Waals surface area contributed by atoms with Crippen molar-refractivity contribution >= 4 is 23.2 Å². The summed E-state index contributed by atoms with van der Waals surface area (Å²) in [7, 11) is 0. The van der Waals surface area contributed by atoms with Gasteiger partial charge in [-0.2, -0.15) is 0 Å². The SMILES string of the molecule is Cc1cc(C)n(C2CC2)c(=O)c1C(=O)Nc1ccccc1Cl. The second-order valence-electron chi connectivity index (χ2n) is 5.68. The highest BCUT2D eigenvalue weighted by Gasteiger charge is 2.28. The van der Waals surface area contributed by atoms with E-state index in [0.29, 0.717) is 16.3 Å². The molecule has 0 aliphatic heterocycles. The van der Waals surface area contributed by atoms with E-state index < -0.39 is 5.91 Å². The maximum atomic E-state index is 12.7. The summed E-state index contributed by atoms with van der Waals surface area (Å²) in [4.78, 5) is 25.2. The molecule has 114 valence electrons. The van der Waals surface area contributed by atoms with Gasteiger partial charge in [0.2, 0.25) is 0 Å². The lowest BCUT2D eigenvalue weighted by atomic mass is 10.1. The van der Waals surface area contributed by atoms with Crippen molar-refractivity contribution in [3.8, 4) is 0 Å². The Kier molecular flexibility index (Phi) is 3.79. The van der Waals surface area contributed by atoms with Crippen LogP contribution in [-0.4, -0.2) is 10.5 Å². The molecule has 2 aromatic rings. The predicted molar refractivity (Wildman–Crippen MR) is 87.9 cm³/mol. The number of hydrogen-bond donors (Lipinski definition) is 1. The van der Waals surface area contributed by atoms with Gasteiger partial charge in [0.15, 0.2) is 0 Å². The van der Waals surface area contributed by atoms with Gasteiger partial charge >= 0.3 is 0 Å². The molecule has 5 heteroatoms. The molecule has 1 aliphatic carbocycles. The second kappa shape index (κ2) is 5.61. The van der Waals surface area contributed by atoms with Crippen LogP contribution >= 0.6 is 11.6 Å². The fraction of sp³-hybridized carbons (Fsp3) is 0.294. The van der Waals surface area contributed by atoms with E-state index in [9.17, 15) is 9.59 Å². The topological polar surface area (TPSA) is 51.1 Å². The molecule has 0 unspecified atom stereocenters. The molecule has 1 saturated carbocycles. The van der Waals surface area contributed by atoms with Crippen LogP contribution in [0.3, 0.4) is 0 Å². The monoisotopic (exact) mass is 316 g/mol. The Morgan fingerprint density at radius 1 is 1.27 bits per heavy atom. The third kappa shape index (κ3) is 2.66. The van der Waals surface area contributed by atoms with Crippen LogP contribution in [0.2, 0.25) is 5.02 Å². The van der Waals surface area contributed by atoms with Crippen molar-refractivity contribution in [1.82, 2.24) is 4.57 Å². The molecule has 0 atom stereocenters. The number of anilines is 1. The molecule has 1 aromatic carbocycles. The van der Waals surface area contributed by atoms with Crippen molar-refractivity contribution < 1.29 is 4.79 Å². The highest BCUT2D eigenvalue weighted by Crippen LogP contribution is 2.34. The Morgan fingerprint density at radius 2 is 1.95 bits per heavy atom. The average molecular weight is 317 g/mol. The smallest absolute Gasteiger partial charge is 0.264 e. The zero-order chi connectivity index (χ0) is 15.9. The molecule has 1 fully saturated rings. The van der Waals surface area contributed by atoms with Gasteiger partial charge in [-0.25, -0.2) is 0 Å². The first kappa shape index (κ1) is 14.9. The number of halogens is 1. The molecular weight excluding hydrogens is 300 g/mol. The first-order valence-corrected chi connectivity index (χ1v) is 7.65. The van der Waals surface area contributed by atoms with E-state index in [1.165, 1.54) is 0 Å². The molecule has 22 heavy (non-hydrogen) atoms. The van der Waals surface area contributed by atoms with Crippen molar-refractivity contribution in [3.63, 3.8) is 0 Å². The number of nitrogens with zero attached hydrogens (tertiary/aromatic N) is 1. The molecule has 1 heterocycles. The van der Waals surface area contributed by atoms with Crippen molar-refractivity contribution in [1.29, 1.82) is 0 Å². The minimum Gasteiger partial charge on any atom is -0.320 e. The molecule has 4 nitrogen and oxygen atoms in total. The van der Waals surface area contributed by atoms with Gasteiger partial charge < -0.3 is 9.88 Å². The Morgan fingerprint density at radius 3 is 2.59 bits per heavy atom. The number of rotatable bonds is 3. The van der Waals surface area contributed by atoms with E-state index in [1.54, 1.807) is 35.8 Å². The van der Waals surface area contributed by atoms with Crippen LogP contribution in [0, 0.1) is 13.8 Å². The summed E-state index contributed by atoms with van der Waals surface area (Å²) in [6.45, 7) is 3.69. The van der Waals surface area contributed by atoms with Gasteiger partial charge in [-0.1, -0.05) is 23.7 Å². The van der Waals surface area contributed by atoms with Gasteiger partial charge in [0.1, 0.15) is 5.56 Å². The van der Waals surface area contributed by atoms with E-state index in [0.717, 1.165) is 18.5 Å². The summed E-state index contributed by atoms with van der Waals surface area (Å²) in [5.74, 6) is -0.412. The van der Waals surface area contributed by atoms with E-state index in [-0.39, 0.29) is 17.2 Å². The Balaban J connectivity index is 2.01. The van der Waals surface area contributed by atoms with Gasteiger partial charge in [0.05, 0.1) is 10.7 Å². The van der Waals surface area contributed by atoms with Gasteiger partial charge in [0, 0.05) is 11.7 Å². The zero-order valence-corrected chi connectivity index (χ0v) is 13.3.